The number of aromatic nitrogens is 2. The van der Waals surface area contributed by atoms with Crippen LogP contribution in [0.1, 0.15) is 51.8 Å². The zero-order valence-electron chi connectivity index (χ0n) is 12.3. The second-order valence-corrected chi connectivity index (χ2v) is 6.28. The fourth-order valence-corrected chi connectivity index (χ4v) is 2.50. The van der Waals surface area contributed by atoms with Gasteiger partial charge in [-0.3, -0.25) is 14.6 Å². The third-order valence-electron chi connectivity index (χ3n) is 3.25. The van der Waals surface area contributed by atoms with E-state index in [1.807, 2.05) is 35.0 Å². The maximum atomic E-state index is 12.3. The molecule has 0 atom stereocenters. The summed E-state index contributed by atoms with van der Waals surface area (Å²) in [5, 5.41) is 2.98. The Kier molecular flexibility index (Phi) is 3.40. The number of aromatic amines is 1. The van der Waals surface area contributed by atoms with E-state index >= 15 is 0 Å². The summed E-state index contributed by atoms with van der Waals surface area (Å²) in [6.45, 7) is 10.5. The summed E-state index contributed by atoms with van der Waals surface area (Å²) in [4.78, 5) is 12.3. The first-order chi connectivity index (χ1) is 8.82. The zero-order chi connectivity index (χ0) is 14.2. The van der Waals surface area contributed by atoms with Crippen molar-refractivity contribution in [3.8, 4) is 5.69 Å². The predicted octanol–water partition coefficient (Wildman–Crippen LogP) is 3.59. The molecule has 0 saturated heterocycles. The molecule has 0 radical (unpaired) electrons. The van der Waals surface area contributed by atoms with Crippen molar-refractivity contribution in [1.29, 1.82) is 0 Å². The smallest absolute Gasteiger partial charge is 0.268 e. The molecule has 0 unspecified atom stereocenters. The van der Waals surface area contributed by atoms with Crippen LogP contribution in [0.3, 0.4) is 0 Å². The molecule has 0 aliphatic carbocycles. The summed E-state index contributed by atoms with van der Waals surface area (Å²) in [7, 11) is 0. The number of rotatable bonds is 2. The standard InChI is InChI=1S/C16H22N2O/c1-11(2)14-13(16(3,4)5)15(19)17-18(14)12-9-7-6-8-10-12/h6-11H,1-5H3,(H,17,19). The molecule has 0 fully saturated rings. The van der Waals surface area contributed by atoms with Gasteiger partial charge in [0.25, 0.3) is 5.56 Å². The Morgan fingerprint density at radius 1 is 1.11 bits per heavy atom. The molecule has 0 aliphatic rings. The lowest BCUT2D eigenvalue weighted by molar-refractivity contribution is 0.569. The van der Waals surface area contributed by atoms with E-state index in [9.17, 15) is 4.79 Å². The normalized spacial score (nSPS) is 12.1. The molecule has 0 bridgehead atoms. The lowest BCUT2D eigenvalue weighted by atomic mass is 9.84. The topological polar surface area (TPSA) is 37.8 Å². The van der Waals surface area contributed by atoms with Gasteiger partial charge in [0, 0.05) is 5.56 Å². The first kappa shape index (κ1) is 13.7. The molecule has 19 heavy (non-hydrogen) atoms. The van der Waals surface area contributed by atoms with Gasteiger partial charge in [0.05, 0.1) is 11.4 Å². The largest absolute Gasteiger partial charge is 0.268 e. The van der Waals surface area contributed by atoms with E-state index in [1.165, 1.54) is 0 Å². The first-order valence-corrected chi connectivity index (χ1v) is 6.73. The summed E-state index contributed by atoms with van der Waals surface area (Å²) < 4.78 is 1.92. The van der Waals surface area contributed by atoms with Crippen molar-refractivity contribution in [1.82, 2.24) is 9.78 Å². The molecule has 0 spiro atoms. The Morgan fingerprint density at radius 3 is 2.16 bits per heavy atom. The van der Waals surface area contributed by atoms with Crippen molar-refractivity contribution in [2.75, 3.05) is 0 Å². The number of nitrogens with one attached hydrogen (secondary N) is 1. The highest BCUT2D eigenvalue weighted by Gasteiger charge is 2.27. The van der Waals surface area contributed by atoms with Gasteiger partial charge < -0.3 is 0 Å². The van der Waals surface area contributed by atoms with Gasteiger partial charge in [-0.25, -0.2) is 0 Å². The summed E-state index contributed by atoms with van der Waals surface area (Å²) >= 11 is 0. The highest BCUT2D eigenvalue weighted by Crippen LogP contribution is 2.29. The minimum atomic E-state index is -0.160. The third-order valence-corrected chi connectivity index (χ3v) is 3.25. The predicted molar refractivity (Wildman–Crippen MR) is 79.2 cm³/mol. The van der Waals surface area contributed by atoms with E-state index in [1.54, 1.807) is 0 Å². The molecule has 102 valence electrons. The Hall–Kier alpha value is -1.77. The molecule has 3 nitrogen and oxygen atoms in total. The summed E-state index contributed by atoms with van der Waals surface area (Å²) in [6, 6.07) is 9.95. The van der Waals surface area contributed by atoms with Crippen molar-refractivity contribution < 1.29 is 0 Å². The molecule has 3 heteroatoms. The number of benzene rings is 1. The molecular weight excluding hydrogens is 236 g/mol. The lowest BCUT2D eigenvalue weighted by Crippen LogP contribution is -2.22. The molecule has 0 aliphatic heterocycles. The maximum absolute atomic E-state index is 12.3. The molecule has 1 aromatic carbocycles. The lowest BCUT2D eigenvalue weighted by Gasteiger charge is -2.21. The van der Waals surface area contributed by atoms with Crippen molar-refractivity contribution in [3.63, 3.8) is 0 Å². The average Bonchev–Trinajstić information content (AvgIpc) is 2.68. The second-order valence-electron chi connectivity index (χ2n) is 6.28. The van der Waals surface area contributed by atoms with Crippen LogP contribution in [0.25, 0.3) is 5.69 Å². The molecule has 0 saturated carbocycles. The van der Waals surface area contributed by atoms with Crippen LogP contribution < -0.4 is 5.56 Å². The second kappa shape index (κ2) is 4.72. The van der Waals surface area contributed by atoms with Gasteiger partial charge >= 0.3 is 0 Å². The van der Waals surface area contributed by atoms with Gasteiger partial charge in [-0.2, -0.15) is 0 Å². The molecule has 0 amide bonds. The van der Waals surface area contributed by atoms with Crippen molar-refractivity contribution >= 4 is 0 Å². The Bertz CT molecular complexity index is 612. The summed E-state index contributed by atoms with van der Waals surface area (Å²) in [5.74, 6) is 0.286. The molecule has 2 aromatic rings. The van der Waals surface area contributed by atoms with Crippen LogP contribution in [-0.2, 0) is 5.41 Å². The van der Waals surface area contributed by atoms with E-state index in [-0.39, 0.29) is 16.9 Å². The SMILES string of the molecule is CC(C)c1c(C(C)(C)C)c(=O)[nH]n1-c1ccccc1. The van der Waals surface area contributed by atoms with Gasteiger partial charge in [0.15, 0.2) is 0 Å². The molecule has 1 heterocycles. The molecule has 2 rings (SSSR count). The Morgan fingerprint density at radius 2 is 1.68 bits per heavy atom. The van der Waals surface area contributed by atoms with Gasteiger partial charge in [-0.15, -0.1) is 0 Å². The highest BCUT2D eigenvalue weighted by molar-refractivity contribution is 5.38. The Labute approximate surface area is 114 Å². The van der Waals surface area contributed by atoms with Gasteiger partial charge in [0.2, 0.25) is 0 Å². The van der Waals surface area contributed by atoms with E-state index in [0.717, 1.165) is 16.9 Å². The molecular formula is C16H22N2O. The fraction of sp³-hybridized carbons (Fsp3) is 0.438. The van der Waals surface area contributed by atoms with Crippen LogP contribution in [0.4, 0.5) is 0 Å². The highest BCUT2D eigenvalue weighted by atomic mass is 16.1. The first-order valence-electron chi connectivity index (χ1n) is 6.73. The van der Waals surface area contributed by atoms with Crippen LogP contribution in [0.2, 0.25) is 0 Å². The van der Waals surface area contributed by atoms with Crippen molar-refractivity contribution in [2.24, 2.45) is 0 Å². The summed E-state index contributed by atoms with van der Waals surface area (Å²) in [6.07, 6.45) is 0. The maximum Gasteiger partial charge on any atom is 0.268 e. The number of H-pyrrole nitrogens is 1. The van der Waals surface area contributed by atoms with Crippen molar-refractivity contribution in [3.05, 3.63) is 51.9 Å². The van der Waals surface area contributed by atoms with Gasteiger partial charge in [0.1, 0.15) is 0 Å². The number of hydrogen-bond donors (Lipinski definition) is 1. The van der Waals surface area contributed by atoms with Crippen LogP contribution in [0.15, 0.2) is 35.1 Å². The van der Waals surface area contributed by atoms with E-state index in [2.05, 4.69) is 39.7 Å². The summed E-state index contributed by atoms with van der Waals surface area (Å²) in [5.41, 5.74) is 2.81. The molecule has 1 aromatic heterocycles. The van der Waals surface area contributed by atoms with E-state index < -0.39 is 0 Å². The van der Waals surface area contributed by atoms with Crippen molar-refractivity contribution in [2.45, 2.75) is 46.0 Å². The van der Waals surface area contributed by atoms with Gasteiger partial charge in [-0.05, 0) is 23.5 Å². The minimum absolute atomic E-state index is 0.0139. The Balaban J connectivity index is 2.75. The van der Waals surface area contributed by atoms with Crippen LogP contribution in [-0.4, -0.2) is 9.78 Å². The minimum Gasteiger partial charge on any atom is -0.268 e. The third kappa shape index (κ3) is 2.50. The number of para-hydroxylation sites is 1. The average molecular weight is 258 g/mol. The number of hydrogen-bond acceptors (Lipinski definition) is 1. The van der Waals surface area contributed by atoms with Crippen LogP contribution in [0.5, 0.6) is 0 Å². The molecule has 1 N–H and O–H groups in total. The number of nitrogens with zero attached hydrogens (tertiary/aromatic N) is 1. The monoisotopic (exact) mass is 258 g/mol. The quantitative estimate of drug-likeness (QED) is 0.878. The van der Waals surface area contributed by atoms with E-state index in [4.69, 9.17) is 0 Å². The van der Waals surface area contributed by atoms with E-state index in [0.29, 0.717) is 0 Å². The van der Waals surface area contributed by atoms with Crippen LogP contribution >= 0.6 is 0 Å². The zero-order valence-corrected chi connectivity index (χ0v) is 12.3. The fourth-order valence-electron chi connectivity index (χ4n) is 2.50. The van der Waals surface area contributed by atoms with Gasteiger partial charge in [-0.1, -0.05) is 52.8 Å². The van der Waals surface area contributed by atoms with Crippen LogP contribution in [0, 0.1) is 0 Å².